The zero-order valence-electron chi connectivity index (χ0n) is 12.8. The highest BCUT2D eigenvalue weighted by Crippen LogP contribution is 2.31. The van der Waals surface area contributed by atoms with Crippen LogP contribution in [0.5, 0.6) is 5.75 Å². The van der Waals surface area contributed by atoms with Crippen molar-refractivity contribution in [2.75, 3.05) is 0 Å². The van der Waals surface area contributed by atoms with Crippen molar-refractivity contribution in [3.8, 4) is 5.75 Å². The van der Waals surface area contributed by atoms with Crippen LogP contribution in [0, 0.1) is 5.92 Å². The van der Waals surface area contributed by atoms with E-state index in [1.807, 2.05) is 38.2 Å². The van der Waals surface area contributed by atoms with Gasteiger partial charge in [0.1, 0.15) is 5.75 Å². The Hall–Kier alpha value is -1.77. The molecule has 0 saturated heterocycles. The molecule has 1 aliphatic carbocycles. The summed E-state index contributed by atoms with van der Waals surface area (Å²) in [6, 6.07) is 5.93. The maximum absolute atomic E-state index is 12.7. The molecular formula is C18H23NO2. The summed E-state index contributed by atoms with van der Waals surface area (Å²) in [5.41, 5.74) is 1.83. The molecule has 0 spiro atoms. The second-order valence-corrected chi connectivity index (χ2v) is 6.28. The van der Waals surface area contributed by atoms with Crippen molar-refractivity contribution in [3.05, 3.63) is 30.0 Å². The third kappa shape index (κ3) is 2.97. The highest BCUT2D eigenvalue weighted by Gasteiger charge is 2.24. The van der Waals surface area contributed by atoms with Crippen molar-refractivity contribution in [2.45, 2.75) is 52.1 Å². The fraction of sp³-hybridized carbons (Fsp3) is 0.500. The summed E-state index contributed by atoms with van der Waals surface area (Å²) in [6.07, 6.45) is 7.70. The number of aromatic amines is 1. The molecule has 1 heterocycles. The number of ketones is 1. The van der Waals surface area contributed by atoms with Crippen molar-refractivity contribution in [2.24, 2.45) is 5.92 Å². The fourth-order valence-electron chi connectivity index (χ4n) is 3.23. The van der Waals surface area contributed by atoms with Crippen LogP contribution in [0.2, 0.25) is 0 Å². The van der Waals surface area contributed by atoms with Gasteiger partial charge in [0.2, 0.25) is 0 Å². The Morgan fingerprint density at radius 2 is 2.00 bits per heavy atom. The Balaban J connectivity index is 1.92. The second-order valence-electron chi connectivity index (χ2n) is 6.28. The molecule has 1 aromatic heterocycles. The van der Waals surface area contributed by atoms with E-state index < -0.39 is 0 Å². The van der Waals surface area contributed by atoms with E-state index in [2.05, 4.69) is 4.98 Å². The van der Waals surface area contributed by atoms with E-state index in [0.717, 1.165) is 35.1 Å². The first kappa shape index (κ1) is 14.2. The van der Waals surface area contributed by atoms with Gasteiger partial charge in [0, 0.05) is 28.6 Å². The molecule has 3 nitrogen and oxygen atoms in total. The van der Waals surface area contributed by atoms with Crippen LogP contribution in [-0.2, 0) is 0 Å². The van der Waals surface area contributed by atoms with E-state index in [1.165, 1.54) is 19.3 Å². The first-order chi connectivity index (χ1) is 10.1. The van der Waals surface area contributed by atoms with E-state index in [-0.39, 0.29) is 12.0 Å². The van der Waals surface area contributed by atoms with Crippen molar-refractivity contribution in [1.82, 2.24) is 4.98 Å². The summed E-state index contributed by atoms with van der Waals surface area (Å²) in [7, 11) is 0. The highest BCUT2D eigenvalue weighted by atomic mass is 16.5. The van der Waals surface area contributed by atoms with Crippen molar-refractivity contribution in [3.63, 3.8) is 0 Å². The number of hydrogen-bond acceptors (Lipinski definition) is 2. The molecule has 112 valence electrons. The Bertz CT molecular complexity index is 636. The summed E-state index contributed by atoms with van der Waals surface area (Å²) < 4.78 is 5.75. The van der Waals surface area contributed by atoms with Gasteiger partial charge in [-0.15, -0.1) is 0 Å². The minimum absolute atomic E-state index is 0.138. The number of H-pyrrole nitrogens is 1. The van der Waals surface area contributed by atoms with Gasteiger partial charge in [0.05, 0.1) is 6.10 Å². The third-order valence-corrected chi connectivity index (χ3v) is 4.27. The molecule has 0 aliphatic heterocycles. The predicted octanol–water partition coefficient (Wildman–Crippen LogP) is 4.72. The lowest BCUT2D eigenvalue weighted by molar-refractivity contribution is 0.0891. The number of fused-ring (bicyclic) bond motifs is 1. The van der Waals surface area contributed by atoms with Crippen LogP contribution in [-0.4, -0.2) is 16.9 Å². The number of hydrogen-bond donors (Lipinski definition) is 1. The molecule has 3 heteroatoms. The summed E-state index contributed by atoms with van der Waals surface area (Å²) >= 11 is 0. The molecule has 1 aromatic carbocycles. The summed E-state index contributed by atoms with van der Waals surface area (Å²) in [6.45, 7) is 4.02. The molecule has 1 saturated carbocycles. The molecule has 1 aliphatic rings. The maximum atomic E-state index is 12.7. The lowest BCUT2D eigenvalue weighted by Crippen LogP contribution is -2.17. The van der Waals surface area contributed by atoms with Gasteiger partial charge in [0.25, 0.3) is 0 Å². The van der Waals surface area contributed by atoms with Crippen molar-refractivity contribution in [1.29, 1.82) is 0 Å². The molecule has 21 heavy (non-hydrogen) atoms. The lowest BCUT2D eigenvalue weighted by atomic mass is 9.84. The van der Waals surface area contributed by atoms with Crippen molar-refractivity contribution < 1.29 is 9.53 Å². The number of rotatable bonds is 4. The number of benzene rings is 1. The number of carbonyl (C=O) groups is 1. The summed E-state index contributed by atoms with van der Waals surface area (Å²) in [4.78, 5) is 16.0. The Morgan fingerprint density at radius 3 is 2.71 bits per heavy atom. The number of aromatic nitrogens is 1. The van der Waals surface area contributed by atoms with Gasteiger partial charge in [0.15, 0.2) is 5.78 Å². The molecular weight excluding hydrogens is 262 g/mol. The van der Waals surface area contributed by atoms with Gasteiger partial charge in [-0.1, -0.05) is 19.3 Å². The van der Waals surface area contributed by atoms with Gasteiger partial charge in [-0.3, -0.25) is 4.79 Å². The SMILES string of the molecule is CC(C)Oc1ccc2[nH]cc(C(=O)C3CCCCC3)c2c1. The van der Waals surface area contributed by atoms with Crippen LogP contribution < -0.4 is 4.74 Å². The molecule has 1 fully saturated rings. The molecule has 2 aromatic rings. The normalized spacial score (nSPS) is 16.5. The number of nitrogens with one attached hydrogen (secondary N) is 1. The van der Waals surface area contributed by atoms with E-state index in [0.29, 0.717) is 5.78 Å². The van der Waals surface area contributed by atoms with E-state index in [9.17, 15) is 4.79 Å². The number of ether oxygens (including phenoxy) is 1. The van der Waals surface area contributed by atoms with Crippen LogP contribution in [0.4, 0.5) is 0 Å². The molecule has 0 amide bonds. The zero-order chi connectivity index (χ0) is 14.8. The number of Topliss-reactive ketones (excluding diaryl/α,β-unsaturated/α-hetero) is 1. The van der Waals surface area contributed by atoms with Gasteiger partial charge >= 0.3 is 0 Å². The third-order valence-electron chi connectivity index (χ3n) is 4.27. The predicted molar refractivity (Wildman–Crippen MR) is 85.0 cm³/mol. The monoisotopic (exact) mass is 285 g/mol. The quantitative estimate of drug-likeness (QED) is 0.826. The molecule has 0 bridgehead atoms. The van der Waals surface area contributed by atoms with Gasteiger partial charge in [-0.05, 0) is 44.9 Å². The zero-order valence-corrected chi connectivity index (χ0v) is 12.8. The topological polar surface area (TPSA) is 42.1 Å². The van der Waals surface area contributed by atoms with Gasteiger partial charge in [-0.2, -0.15) is 0 Å². The van der Waals surface area contributed by atoms with Crippen molar-refractivity contribution >= 4 is 16.7 Å². The molecule has 0 atom stereocenters. The second kappa shape index (κ2) is 5.92. The van der Waals surface area contributed by atoms with Gasteiger partial charge < -0.3 is 9.72 Å². The molecule has 3 rings (SSSR count). The first-order valence-electron chi connectivity index (χ1n) is 7.97. The van der Waals surface area contributed by atoms with E-state index in [4.69, 9.17) is 4.74 Å². The molecule has 1 N–H and O–H groups in total. The van der Waals surface area contributed by atoms with Crippen LogP contribution in [0.15, 0.2) is 24.4 Å². The van der Waals surface area contributed by atoms with E-state index in [1.54, 1.807) is 0 Å². The molecule has 0 unspecified atom stereocenters. The lowest BCUT2D eigenvalue weighted by Gasteiger charge is -2.20. The summed E-state index contributed by atoms with van der Waals surface area (Å²) in [5, 5.41) is 0.990. The minimum atomic E-state index is 0.138. The van der Waals surface area contributed by atoms with Crippen LogP contribution in [0.25, 0.3) is 10.9 Å². The van der Waals surface area contributed by atoms with Crippen LogP contribution in [0.1, 0.15) is 56.3 Å². The maximum Gasteiger partial charge on any atom is 0.168 e. The Kier molecular flexibility index (Phi) is 4.00. The Labute approximate surface area is 125 Å². The first-order valence-corrected chi connectivity index (χ1v) is 7.97. The highest BCUT2D eigenvalue weighted by molar-refractivity contribution is 6.09. The smallest absolute Gasteiger partial charge is 0.168 e. The fourth-order valence-corrected chi connectivity index (χ4v) is 3.23. The van der Waals surface area contributed by atoms with Gasteiger partial charge in [-0.25, -0.2) is 0 Å². The Morgan fingerprint density at radius 1 is 1.24 bits per heavy atom. The number of carbonyl (C=O) groups excluding carboxylic acids is 1. The summed E-state index contributed by atoms with van der Waals surface area (Å²) in [5.74, 6) is 1.32. The van der Waals surface area contributed by atoms with E-state index >= 15 is 0 Å². The average Bonchev–Trinajstić information content (AvgIpc) is 2.90. The minimum Gasteiger partial charge on any atom is -0.491 e. The van der Waals surface area contributed by atoms with Crippen LogP contribution >= 0.6 is 0 Å². The largest absolute Gasteiger partial charge is 0.491 e. The average molecular weight is 285 g/mol. The van der Waals surface area contributed by atoms with Crippen LogP contribution in [0.3, 0.4) is 0 Å². The standard InChI is InChI=1S/C18H23NO2/c1-12(2)21-14-8-9-17-15(10-14)16(11-19-17)18(20)13-6-4-3-5-7-13/h8-13,19H,3-7H2,1-2H3. The molecule has 0 radical (unpaired) electrons.